The van der Waals surface area contributed by atoms with Gasteiger partial charge in [-0.25, -0.2) is 8.78 Å². The summed E-state index contributed by atoms with van der Waals surface area (Å²) in [6, 6.07) is 3.71. The van der Waals surface area contributed by atoms with E-state index in [2.05, 4.69) is 10.3 Å². The summed E-state index contributed by atoms with van der Waals surface area (Å²) in [7, 11) is 0. The number of halogens is 2. The first-order valence-electron chi connectivity index (χ1n) is 5.22. The Morgan fingerprint density at radius 1 is 1.53 bits per heavy atom. The number of non-ortho nitro benzene ring substituents is 1. The van der Waals surface area contributed by atoms with E-state index in [1.165, 1.54) is 18.2 Å². The van der Waals surface area contributed by atoms with Crippen LogP contribution < -0.4 is 5.32 Å². The fraction of sp³-hybridized carbons (Fsp3) is 0.300. The summed E-state index contributed by atoms with van der Waals surface area (Å²) in [5.74, 6) is 0. The van der Waals surface area contributed by atoms with E-state index in [4.69, 9.17) is 9.52 Å². The largest absolute Gasteiger partial charge is 0.424 e. The predicted molar refractivity (Wildman–Crippen MR) is 61.2 cm³/mol. The van der Waals surface area contributed by atoms with Crippen LogP contribution in [-0.2, 0) is 0 Å². The van der Waals surface area contributed by atoms with E-state index in [0.29, 0.717) is 0 Å². The normalized spacial score (nSPS) is 12.8. The first kappa shape index (κ1) is 13.1. The SMILES string of the molecule is O=[N+]([O-])c1ccc2oc(NCC(O)C(F)F)nc2c1. The van der Waals surface area contributed by atoms with Crippen LogP contribution >= 0.6 is 0 Å². The molecule has 1 aromatic carbocycles. The summed E-state index contributed by atoms with van der Waals surface area (Å²) >= 11 is 0. The Morgan fingerprint density at radius 3 is 2.89 bits per heavy atom. The van der Waals surface area contributed by atoms with Crippen LogP contribution in [0.3, 0.4) is 0 Å². The minimum Gasteiger partial charge on any atom is -0.424 e. The number of aliphatic hydroxyl groups is 1. The summed E-state index contributed by atoms with van der Waals surface area (Å²) in [4.78, 5) is 13.8. The molecular formula is C10H9F2N3O4. The average Bonchev–Trinajstić information content (AvgIpc) is 2.77. The van der Waals surface area contributed by atoms with Crippen LogP contribution in [0.2, 0.25) is 0 Å². The third kappa shape index (κ3) is 2.94. The molecule has 1 heterocycles. The van der Waals surface area contributed by atoms with E-state index >= 15 is 0 Å². The third-order valence-electron chi connectivity index (χ3n) is 2.34. The third-order valence-corrected chi connectivity index (χ3v) is 2.34. The van der Waals surface area contributed by atoms with Crippen molar-refractivity contribution in [3.8, 4) is 0 Å². The van der Waals surface area contributed by atoms with Crippen LogP contribution in [0.4, 0.5) is 20.5 Å². The number of nitro groups is 1. The fourth-order valence-corrected chi connectivity index (χ4v) is 1.39. The van der Waals surface area contributed by atoms with Crippen molar-refractivity contribution in [2.24, 2.45) is 0 Å². The van der Waals surface area contributed by atoms with Gasteiger partial charge in [-0.05, 0) is 6.07 Å². The van der Waals surface area contributed by atoms with E-state index in [1.54, 1.807) is 0 Å². The van der Waals surface area contributed by atoms with Gasteiger partial charge in [0.25, 0.3) is 18.1 Å². The quantitative estimate of drug-likeness (QED) is 0.636. The second-order valence-electron chi connectivity index (χ2n) is 3.71. The Bertz CT molecular complexity index is 601. The van der Waals surface area contributed by atoms with Crippen LogP contribution in [0.25, 0.3) is 11.1 Å². The summed E-state index contributed by atoms with van der Waals surface area (Å²) < 4.78 is 29.3. The molecular weight excluding hydrogens is 264 g/mol. The molecule has 0 aliphatic rings. The average molecular weight is 273 g/mol. The fourth-order valence-electron chi connectivity index (χ4n) is 1.39. The lowest BCUT2D eigenvalue weighted by Gasteiger charge is -2.08. The lowest BCUT2D eigenvalue weighted by molar-refractivity contribution is -0.384. The van der Waals surface area contributed by atoms with Gasteiger partial charge in [-0.3, -0.25) is 10.1 Å². The minimum atomic E-state index is -2.88. The molecule has 19 heavy (non-hydrogen) atoms. The molecule has 1 unspecified atom stereocenters. The van der Waals surface area contributed by atoms with Gasteiger partial charge in [-0.2, -0.15) is 4.98 Å². The van der Waals surface area contributed by atoms with Crippen LogP contribution in [0, 0.1) is 10.1 Å². The molecule has 0 saturated carbocycles. The topological polar surface area (TPSA) is 101 Å². The lowest BCUT2D eigenvalue weighted by Crippen LogP contribution is -2.26. The number of nitro benzene ring substituents is 1. The number of benzene rings is 1. The highest BCUT2D eigenvalue weighted by Gasteiger charge is 2.18. The monoisotopic (exact) mass is 273 g/mol. The van der Waals surface area contributed by atoms with Gasteiger partial charge in [0.05, 0.1) is 11.5 Å². The molecule has 0 bridgehead atoms. The van der Waals surface area contributed by atoms with Crippen molar-refractivity contribution < 1.29 is 23.2 Å². The van der Waals surface area contributed by atoms with Gasteiger partial charge in [-0.1, -0.05) is 0 Å². The Kier molecular flexibility index (Phi) is 3.56. The smallest absolute Gasteiger partial charge is 0.295 e. The van der Waals surface area contributed by atoms with E-state index in [9.17, 15) is 18.9 Å². The molecule has 2 N–H and O–H groups in total. The number of aromatic nitrogens is 1. The molecule has 2 aromatic rings. The Morgan fingerprint density at radius 2 is 2.26 bits per heavy atom. The van der Waals surface area contributed by atoms with Gasteiger partial charge in [0.2, 0.25) is 0 Å². The maximum absolute atomic E-state index is 12.1. The van der Waals surface area contributed by atoms with E-state index in [0.717, 1.165) is 0 Å². The van der Waals surface area contributed by atoms with E-state index in [-0.39, 0.29) is 22.8 Å². The number of nitrogens with zero attached hydrogens (tertiary/aromatic N) is 2. The standard InChI is InChI=1S/C10H9F2N3O4/c11-9(12)7(16)4-13-10-14-6-3-5(15(17)18)1-2-8(6)19-10/h1-3,7,9,16H,4H2,(H,13,14). The molecule has 9 heteroatoms. The van der Waals surface area contributed by atoms with Crippen LogP contribution in [0.1, 0.15) is 0 Å². The zero-order valence-electron chi connectivity index (χ0n) is 9.42. The van der Waals surface area contributed by atoms with Gasteiger partial charge in [0.15, 0.2) is 5.58 Å². The molecule has 102 valence electrons. The first-order chi connectivity index (χ1) is 8.97. The Hall–Kier alpha value is -2.29. The first-order valence-corrected chi connectivity index (χ1v) is 5.22. The van der Waals surface area contributed by atoms with Gasteiger partial charge in [-0.15, -0.1) is 0 Å². The molecule has 0 spiro atoms. The van der Waals surface area contributed by atoms with Crippen molar-refractivity contribution >= 4 is 22.8 Å². The van der Waals surface area contributed by atoms with Crippen LogP contribution in [0.15, 0.2) is 22.6 Å². The number of hydrogen-bond donors (Lipinski definition) is 2. The Balaban J connectivity index is 2.15. The summed E-state index contributed by atoms with van der Waals surface area (Å²) in [5, 5.41) is 21.9. The van der Waals surface area contributed by atoms with Gasteiger partial charge in [0, 0.05) is 12.1 Å². The van der Waals surface area contributed by atoms with Crippen LogP contribution in [0.5, 0.6) is 0 Å². The molecule has 7 nitrogen and oxygen atoms in total. The lowest BCUT2D eigenvalue weighted by atomic mass is 10.3. The number of rotatable bonds is 5. The van der Waals surface area contributed by atoms with Gasteiger partial charge < -0.3 is 14.8 Å². The number of alkyl halides is 2. The number of nitrogens with one attached hydrogen (secondary N) is 1. The molecule has 1 aromatic heterocycles. The maximum atomic E-state index is 12.1. The number of fused-ring (bicyclic) bond motifs is 1. The highest BCUT2D eigenvalue weighted by Crippen LogP contribution is 2.23. The van der Waals surface area contributed by atoms with E-state index in [1.807, 2.05) is 0 Å². The highest BCUT2D eigenvalue weighted by atomic mass is 19.3. The summed E-state index contributed by atoms with van der Waals surface area (Å²) in [5.41, 5.74) is 0.350. The number of anilines is 1. The number of hydrogen-bond acceptors (Lipinski definition) is 6. The second kappa shape index (κ2) is 5.14. The summed E-state index contributed by atoms with van der Waals surface area (Å²) in [6.07, 6.45) is -4.72. The molecule has 0 aliphatic heterocycles. The number of aliphatic hydroxyl groups excluding tert-OH is 1. The molecule has 0 fully saturated rings. The van der Waals surface area contributed by atoms with Crippen molar-refractivity contribution in [2.75, 3.05) is 11.9 Å². The summed E-state index contributed by atoms with van der Waals surface area (Å²) in [6.45, 7) is -0.438. The molecule has 0 saturated heterocycles. The van der Waals surface area contributed by atoms with Crippen molar-refractivity contribution in [1.29, 1.82) is 0 Å². The maximum Gasteiger partial charge on any atom is 0.295 e. The highest BCUT2D eigenvalue weighted by molar-refractivity contribution is 5.77. The van der Waals surface area contributed by atoms with Gasteiger partial charge in [0.1, 0.15) is 11.6 Å². The predicted octanol–water partition coefficient (Wildman–Crippen LogP) is 1.77. The Labute approximate surface area is 105 Å². The molecule has 1 atom stereocenters. The molecule has 0 radical (unpaired) electrons. The molecule has 0 amide bonds. The molecule has 0 aliphatic carbocycles. The van der Waals surface area contributed by atoms with Crippen molar-refractivity contribution in [3.05, 3.63) is 28.3 Å². The van der Waals surface area contributed by atoms with E-state index < -0.39 is 24.0 Å². The van der Waals surface area contributed by atoms with Crippen molar-refractivity contribution in [1.82, 2.24) is 4.98 Å². The van der Waals surface area contributed by atoms with Crippen LogP contribution in [-0.4, -0.2) is 34.1 Å². The second-order valence-corrected chi connectivity index (χ2v) is 3.71. The van der Waals surface area contributed by atoms with Crippen molar-refractivity contribution in [2.45, 2.75) is 12.5 Å². The van der Waals surface area contributed by atoms with Gasteiger partial charge >= 0.3 is 0 Å². The number of oxazole rings is 1. The van der Waals surface area contributed by atoms with Crippen molar-refractivity contribution in [3.63, 3.8) is 0 Å². The zero-order chi connectivity index (χ0) is 14.0. The minimum absolute atomic E-state index is 0.0878. The zero-order valence-corrected chi connectivity index (χ0v) is 9.42. The molecule has 2 rings (SSSR count).